The highest BCUT2D eigenvalue weighted by atomic mass is 32.2. The van der Waals surface area contributed by atoms with Crippen molar-refractivity contribution in [2.75, 3.05) is 42.1 Å². The van der Waals surface area contributed by atoms with Crippen LogP contribution in [0.25, 0.3) is 69.6 Å². The summed E-state index contributed by atoms with van der Waals surface area (Å²) in [4.78, 5) is 21.1. The monoisotopic (exact) mass is 2100 g/mol. The molecule has 15 aromatic rings. The summed E-state index contributed by atoms with van der Waals surface area (Å²) in [6.07, 6.45) is 34.5. The Morgan fingerprint density at radius 1 is 0.378 bits per heavy atom. The van der Waals surface area contributed by atoms with E-state index in [0.29, 0.717) is 76.9 Å². The van der Waals surface area contributed by atoms with Crippen molar-refractivity contribution in [1.29, 1.82) is 0 Å². The van der Waals surface area contributed by atoms with Crippen LogP contribution in [0.2, 0.25) is 0 Å². The van der Waals surface area contributed by atoms with Gasteiger partial charge >= 0.3 is 0 Å². The first kappa shape index (κ1) is 108. The number of rotatable bonds is 30. The van der Waals surface area contributed by atoms with E-state index in [1.54, 1.807) is 113 Å². The average Bonchev–Trinajstić information content (AvgIpc) is 0.864. The number of aromatic nitrogens is 10. The van der Waals surface area contributed by atoms with E-state index >= 15 is 0 Å². The zero-order chi connectivity index (χ0) is 105. The second-order valence-corrected chi connectivity index (χ2v) is 44.7. The van der Waals surface area contributed by atoms with Crippen molar-refractivity contribution in [3.63, 3.8) is 0 Å². The molecular weight excluding hydrogens is 1980 g/mol. The Balaban J connectivity index is 0.000000139. The zero-order valence-electron chi connectivity index (χ0n) is 83.9. The highest BCUT2D eigenvalue weighted by Gasteiger charge is 2.41. The number of benzene rings is 10. The van der Waals surface area contributed by atoms with Crippen LogP contribution in [-0.2, 0) is 82.7 Å². The molecule has 4 unspecified atom stereocenters. The standard InChI is InChI=1S/C24H23N3O3S.C23H31N3O3S.C23H25N3O3S.C21H21N3O3S.C20H19F2N3O3S/c1-18-16-27(17-25-18)23-11-10-19(14-24(23)30-2)12-13-31(28,29)26-15-21-8-5-7-20-6-3-4-9-22(20)21;1-17-15-25(16-24-17)22-9-8-19(14-23(22)29-3)11-13-30(27,28)26-12-10-20-6-4-5-7-21(20)18(26)2;1-17-15-26(16-24-17)22-11-10-18(14-23(22)29-2)12-13-30(27,28)25-21-9-5-7-19-6-3-4-8-20(19)21;1-16-12-23(15-22-16)20-8-7-17(11-21(20)27-2)9-10-28(25,26)24-13-18-5-3-4-6-19(18)14-24;1-14-12-25(13-23-14)19-6-4-15(10-20(19)28-2)7-8-29(26,27)24-11-16-3-5-17(21)18(22)9-16/h3-14,16-17,26H,15H2,1-2H3;8-9,11,13-16,18,20-21H,4-7,10,12H2,1-3H3;3-4,6,8,10-16,21,25H,5,7,9H2,1-2H3;3-12,15H,13-14H2,1-2H3;3-10,12-13,24H,11H2,1-2H3/b13-12+;13-11+;13-12+;10-9+;8-7+. The second kappa shape index (κ2) is 48.5. The molecule has 1 saturated carbocycles. The fourth-order valence-corrected chi connectivity index (χ4v) is 23.5. The molecule has 772 valence electrons. The molecule has 10 aromatic carbocycles. The maximum absolute atomic E-state index is 13.2. The van der Waals surface area contributed by atoms with Crippen LogP contribution in [-0.4, -0.2) is 147 Å². The van der Waals surface area contributed by atoms with Crippen LogP contribution in [0.1, 0.15) is 148 Å². The lowest BCUT2D eigenvalue weighted by molar-refractivity contribution is 0.0860. The zero-order valence-corrected chi connectivity index (χ0v) is 88.0. The molecule has 2 fully saturated rings. The molecule has 30 nitrogen and oxygen atoms in total. The van der Waals surface area contributed by atoms with Gasteiger partial charge in [-0.25, -0.2) is 90.0 Å². The number of ether oxygens (including phenoxy) is 5. The summed E-state index contributed by atoms with van der Waals surface area (Å²) < 4.78 is 200. The number of sulfonamides is 5. The number of piperidine rings is 1. The molecular formula is C111H119F2N15O15S5. The summed E-state index contributed by atoms with van der Waals surface area (Å²) in [5, 5.41) is 8.12. The smallest absolute Gasteiger partial charge is 0.236 e. The van der Waals surface area contributed by atoms with E-state index in [1.807, 2.05) is 240 Å². The molecule has 4 atom stereocenters. The normalized spacial score (nSPS) is 16.1. The minimum atomic E-state index is -3.78. The van der Waals surface area contributed by atoms with Gasteiger partial charge in [0.25, 0.3) is 0 Å². The Bertz CT molecular complexity index is 8010. The molecule has 148 heavy (non-hydrogen) atoms. The largest absolute Gasteiger partial charge is 0.495 e. The maximum Gasteiger partial charge on any atom is 0.236 e. The maximum atomic E-state index is 13.2. The van der Waals surface area contributed by atoms with E-state index in [9.17, 15) is 50.9 Å². The van der Waals surface area contributed by atoms with E-state index in [1.165, 1.54) is 70.0 Å². The predicted octanol–water partition coefficient (Wildman–Crippen LogP) is 20.0. The molecule has 4 aliphatic rings. The lowest BCUT2D eigenvalue weighted by atomic mass is 9.72. The minimum Gasteiger partial charge on any atom is -0.495 e. The highest BCUT2D eigenvalue weighted by Crippen LogP contribution is 2.42. The van der Waals surface area contributed by atoms with Gasteiger partial charge in [-0.3, -0.25) is 0 Å². The number of hydrogen-bond acceptors (Lipinski definition) is 20. The van der Waals surface area contributed by atoms with Crippen molar-refractivity contribution < 1.29 is 74.6 Å². The number of nitrogens with one attached hydrogen (secondary N) is 3. The summed E-state index contributed by atoms with van der Waals surface area (Å²) in [5.41, 5.74) is 17.9. The number of fused-ring (bicyclic) bond motifs is 4. The van der Waals surface area contributed by atoms with E-state index in [2.05, 4.69) is 52.1 Å². The predicted molar refractivity (Wildman–Crippen MR) is 575 cm³/mol. The fourth-order valence-electron chi connectivity index (χ4n) is 18.3. The molecule has 2 aliphatic carbocycles. The fraction of sp³-hybridized carbons (Fsp3) is 0.252. The van der Waals surface area contributed by atoms with Gasteiger partial charge < -0.3 is 46.5 Å². The number of nitrogens with zero attached hydrogens (tertiary/aromatic N) is 12. The second-order valence-electron chi connectivity index (χ2n) is 36.2. The molecule has 0 bridgehead atoms. The quantitative estimate of drug-likeness (QED) is 0.0376. The molecule has 19 rings (SSSR count). The Hall–Kier alpha value is -14.4. The summed E-state index contributed by atoms with van der Waals surface area (Å²) >= 11 is 0. The first-order chi connectivity index (χ1) is 71.0. The van der Waals surface area contributed by atoms with Gasteiger partial charge in [0.1, 0.15) is 28.7 Å². The number of methoxy groups -OCH3 is 5. The molecule has 5 aromatic heterocycles. The van der Waals surface area contributed by atoms with Gasteiger partial charge in [0.05, 0.1) is 124 Å². The van der Waals surface area contributed by atoms with E-state index in [4.69, 9.17) is 23.7 Å². The Labute approximate surface area is 863 Å². The van der Waals surface area contributed by atoms with Gasteiger partial charge in [-0.1, -0.05) is 147 Å². The molecule has 7 heterocycles. The lowest BCUT2D eigenvalue weighted by Gasteiger charge is -2.45. The molecule has 3 N–H and O–H groups in total. The SMILES string of the molecule is COc1cc(/C=C/S(=O)(=O)N2CCC3CCCCC3C2C)ccc1-n1cnc(C)c1.COc1cc(/C=C/S(=O)(=O)N2Cc3ccccc3C2)ccc1-n1cnc(C)c1.COc1cc(/C=C/S(=O)(=O)NC2CCCc3ccccc32)ccc1-n1cnc(C)c1.COc1cc(/C=C/S(=O)(=O)NCc2ccc(F)c(F)c2)ccc1-n1cnc(C)c1.COc1cc(/C=C/S(=O)(=O)NCc2cccc3ccccc23)ccc1-n1cnc(C)c1. The van der Waals surface area contributed by atoms with Crippen molar-refractivity contribution in [2.24, 2.45) is 11.8 Å². The summed E-state index contributed by atoms with van der Waals surface area (Å²) in [6.45, 7) is 13.1. The Morgan fingerprint density at radius 2 is 0.764 bits per heavy atom. The van der Waals surface area contributed by atoms with Crippen LogP contribution in [0.4, 0.5) is 8.78 Å². The molecule has 0 amide bonds. The minimum absolute atomic E-state index is 0.0695. The number of aryl methyl sites for hydroxylation is 6. The van der Waals surface area contributed by atoms with Crippen molar-refractivity contribution in [2.45, 2.75) is 131 Å². The Kier molecular flexibility index (Phi) is 35.4. The van der Waals surface area contributed by atoms with E-state index in [0.717, 1.165) is 156 Å². The summed E-state index contributed by atoms with van der Waals surface area (Å²) in [6, 6.07) is 60.2. The van der Waals surface area contributed by atoms with Crippen molar-refractivity contribution in [3.05, 3.63) is 391 Å². The van der Waals surface area contributed by atoms with Crippen LogP contribution in [0.15, 0.2) is 290 Å². The van der Waals surface area contributed by atoms with Crippen molar-refractivity contribution in [3.8, 4) is 57.2 Å². The van der Waals surface area contributed by atoms with Gasteiger partial charge in [0, 0.05) is 103 Å². The van der Waals surface area contributed by atoms with Crippen LogP contribution in [0.5, 0.6) is 28.7 Å². The molecule has 1 saturated heterocycles. The van der Waals surface area contributed by atoms with Gasteiger partial charge in [0.2, 0.25) is 50.1 Å². The van der Waals surface area contributed by atoms with Crippen LogP contribution >= 0.6 is 0 Å². The third kappa shape index (κ3) is 28.1. The molecule has 0 radical (unpaired) electrons. The van der Waals surface area contributed by atoms with Gasteiger partial charge in [0.15, 0.2) is 11.6 Å². The van der Waals surface area contributed by atoms with Crippen molar-refractivity contribution in [1.82, 2.24) is 70.5 Å². The lowest BCUT2D eigenvalue weighted by Crippen LogP contribution is -2.50. The van der Waals surface area contributed by atoms with Crippen molar-refractivity contribution >= 4 is 91.3 Å². The van der Waals surface area contributed by atoms with Crippen LogP contribution in [0, 0.1) is 58.1 Å². The van der Waals surface area contributed by atoms with Crippen LogP contribution in [0.3, 0.4) is 0 Å². The number of imidazole rings is 5. The topological polar surface area (TPSA) is 349 Å². The Morgan fingerprint density at radius 3 is 1.19 bits per heavy atom. The van der Waals surface area contributed by atoms with E-state index in [-0.39, 0.29) is 25.2 Å². The average molecular weight is 2100 g/mol. The van der Waals surface area contributed by atoms with Crippen LogP contribution < -0.4 is 37.9 Å². The van der Waals surface area contributed by atoms with E-state index < -0.39 is 61.8 Å². The molecule has 2 aliphatic heterocycles. The first-order valence-electron chi connectivity index (χ1n) is 48.0. The number of halogens is 2. The highest BCUT2D eigenvalue weighted by molar-refractivity contribution is 7.93. The molecule has 0 spiro atoms. The number of hydrogen-bond donors (Lipinski definition) is 3. The van der Waals surface area contributed by atoms with Gasteiger partial charge in [-0.05, 0) is 261 Å². The van der Waals surface area contributed by atoms with Gasteiger partial charge in [-0.15, -0.1) is 0 Å². The summed E-state index contributed by atoms with van der Waals surface area (Å²) in [5.74, 6) is 2.30. The third-order valence-corrected chi connectivity index (χ3v) is 32.2. The third-order valence-electron chi connectivity index (χ3n) is 25.9. The first-order valence-corrected chi connectivity index (χ1v) is 55.6. The van der Waals surface area contributed by atoms with Gasteiger partial charge in [-0.2, -0.15) is 8.61 Å². The summed E-state index contributed by atoms with van der Waals surface area (Å²) in [7, 11) is -10.0. The molecule has 37 heteroatoms.